The number of aromatic nitrogens is 2. The van der Waals surface area contributed by atoms with E-state index in [4.69, 9.17) is 10.2 Å². The van der Waals surface area contributed by atoms with Gasteiger partial charge in [-0.15, -0.1) is 0 Å². The Morgan fingerprint density at radius 1 is 1.31 bits per heavy atom. The summed E-state index contributed by atoms with van der Waals surface area (Å²) in [6, 6.07) is 6.43. The van der Waals surface area contributed by atoms with E-state index in [1.165, 1.54) is 16.7 Å². The molecule has 5 heteroatoms. The van der Waals surface area contributed by atoms with Crippen molar-refractivity contribution in [1.82, 2.24) is 9.55 Å². The predicted molar refractivity (Wildman–Crippen MR) is 57.3 cm³/mol. The quantitative estimate of drug-likeness (QED) is 0.800. The van der Waals surface area contributed by atoms with Crippen LogP contribution in [-0.4, -0.2) is 25.7 Å². The minimum atomic E-state index is -1.06. The molecule has 1 aromatic carbocycles. The highest BCUT2D eigenvalue weighted by atomic mass is 16.4. The summed E-state index contributed by atoms with van der Waals surface area (Å²) >= 11 is 0. The molecule has 2 rings (SSSR count). The maximum Gasteiger partial charge on any atom is 0.372 e. The van der Waals surface area contributed by atoms with Crippen LogP contribution in [0.25, 0.3) is 11.3 Å². The van der Waals surface area contributed by atoms with Crippen molar-refractivity contribution >= 4 is 5.97 Å². The Morgan fingerprint density at radius 2 is 1.94 bits per heavy atom. The van der Waals surface area contributed by atoms with Crippen LogP contribution in [0.5, 0.6) is 5.75 Å². The van der Waals surface area contributed by atoms with Crippen molar-refractivity contribution in [2.45, 2.75) is 0 Å². The lowest BCUT2D eigenvalue weighted by Gasteiger charge is -1.95. The van der Waals surface area contributed by atoms with Gasteiger partial charge in [-0.25, -0.2) is 9.78 Å². The number of rotatable bonds is 2. The van der Waals surface area contributed by atoms with Crippen molar-refractivity contribution < 1.29 is 15.0 Å². The topological polar surface area (TPSA) is 75.3 Å². The lowest BCUT2D eigenvalue weighted by molar-refractivity contribution is 0.0680. The number of aromatic carboxylic acids is 1. The van der Waals surface area contributed by atoms with Gasteiger partial charge >= 0.3 is 5.97 Å². The summed E-state index contributed by atoms with van der Waals surface area (Å²) in [6.45, 7) is 0. The Kier molecular flexibility index (Phi) is 2.36. The molecule has 5 nitrogen and oxygen atoms in total. The van der Waals surface area contributed by atoms with Gasteiger partial charge in [-0.2, -0.15) is 0 Å². The summed E-state index contributed by atoms with van der Waals surface area (Å²) < 4.78 is 1.45. The summed E-state index contributed by atoms with van der Waals surface area (Å²) in [4.78, 5) is 14.8. The van der Waals surface area contributed by atoms with Crippen molar-refractivity contribution in [3.8, 4) is 17.0 Å². The molecule has 0 fully saturated rings. The standard InChI is InChI=1S/C11H10N2O3/c1-13-6-9(12-10(13)11(15)16)7-2-4-8(14)5-3-7/h2-6,14H,1H3,(H,15,16). The minimum absolute atomic E-state index is 0.0110. The van der Waals surface area contributed by atoms with E-state index in [0.29, 0.717) is 5.69 Å². The van der Waals surface area contributed by atoms with E-state index < -0.39 is 5.97 Å². The number of hydrogen-bond acceptors (Lipinski definition) is 3. The number of phenolic OH excluding ortho intramolecular Hbond substituents is 1. The third kappa shape index (κ3) is 1.75. The molecule has 2 aromatic rings. The Balaban J connectivity index is 2.45. The van der Waals surface area contributed by atoms with Gasteiger partial charge in [0.1, 0.15) is 5.75 Å². The van der Waals surface area contributed by atoms with Gasteiger partial charge < -0.3 is 14.8 Å². The van der Waals surface area contributed by atoms with E-state index in [-0.39, 0.29) is 11.6 Å². The summed E-state index contributed by atoms with van der Waals surface area (Å²) in [5.74, 6) is -0.909. The monoisotopic (exact) mass is 218 g/mol. The Labute approximate surface area is 91.6 Å². The first-order chi connectivity index (χ1) is 7.58. The molecule has 0 radical (unpaired) electrons. The van der Waals surface area contributed by atoms with E-state index in [1.807, 2.05) is 0 Å². The Hall–Kier alpha value is -2.30. The third-order valence-electron chi connectivity index (χ3n) is 2.23. The number of phenols is 1. The number of nitrogens with zero attached hydrogens (tertiary/aromatic N) is 2. The molecule has 0 atom stereocenters. The van der Waals surface area contributed by atoms with Crippen molar-refractivity contribution in [1.29, 1.82) is 0 Å². The van der Waals surface area contributed by atoms with Gasteiger partial charge in [-0.1, -0.05) is 0 Å². The van der Waals surface area contributed by atoms with Crippen LogP contribution in [0.2, 0.25) is 0 Å². The van der Waals surface area contributed by atoms with Crippen LogP contribution in [0.4, 0.5) is 0 Å². The maximum atomic E-state index is 10.8. The van der Waals surface area contributed by atoms with Crippen LogP contribution in [0.15, 0.2) is 30.5 Å². The molecule has 0 bridgehead atoms. The molecule has 0 aliphatic carbocycles. The second kappa shape index (κ2) is 3.69. The van der Waals surface area contributed by atoms with Crippen molar-refractivity contribution in [3.63, 3.8) is 0 Å². The second-order valence-electron chi connectivity index (χ2n) is 3.41. The zero-order valence-corrected chi connectivity index (χ0v) is 8.58. The fraction of sp³-hybridized carbons (Fsp3) is 0.0909. The Bertz CT molecular complexity index is 529. The number of carboxylic acid groups (broad SMARTS) is 1. The fourth-order valence-corrected chi connectivity index (χ4v) is 1.44. The molecule has 0 amide bonds. The molecule has 0 spiro atoms. The summed E-state index contributed by atoms with van der Waals surface area (Å²) in [7, 11) is 1.63. The molecule has 0 unspecified atom stereocenters. The van der Waals surface area contributed by atoms with Gasteiger partial charge in [0.2, 0.25) is 5.82 Å². The van der Waals surface area contributed by atoms with Gasteiger partial charge in [0.05, 0.1) is 5.69 Å². The molecule has 0 aliphatic rings. The number of hydrogen-bond donors (Lipinski definition) is 2. The summed E-state index contributed by atoms with van der Waals surface area (Å²) in [5.41, 5.74) is 1.33. The molecular weight excluding hydrogens is 208 g/mol. The first kappa shape index (κ1) is 10.2. The largest absolute Gasteiger partial charge is 0.508 e. The van der Waals surface area contributed by atoms with Crippen molar-refractivity contribution in [3.05, 3.63) is 36.3 Å². The lowest BCUT2D eigenvalue weighted by Crippen LogP contribution is -2.04. The number of benzene rings is 1. The fourth-order valence-electron chi connectivity index (χ4n) is 1.44. The van der Waals surface area contributed by atoms with Gasteiger partial charge in [-0.3, -0.25) is 0 Å². The zero-order chi connectivity index (χ0) is 11.7. The Morgan fingerprint density at radius 3 is 2.44 bits per heavy atom. The number of imidazole rings is 1. The van der Waals surface area contributed by atoms with Crippen LogP contribution in [0.1, 0.15) is 10.6 Å². The molecule has 0 saturated heterocycles. The smallest absolute Gasteiger partial charge is 0.372 e. The van der Waals surface area contributed by atoms with Gasteiger partial charge in [0, 0.05) is 18.8 Å². The van der Waals surface area contributed by atoms with E-state index in [0.717, 1.165) is 5.56 Å². The molecular formula is C11H10N2O3. The summed E-state index contributed by atoms with van der Waals surface area (Å²) in [5, 5.41) is 18.0. The van der Waals surface area contributed by atoms with Gasteiger partial charge in [-0.05, 0) is 24.3 Å². The van der Waals surface area contributed by atoms with Crippen LogP contribution < -0.4 is 0 Å². The van der Waals surface area contributed by atoms with E-state index in [1.54, 1.807) is 25.4 Å². The van der Waals surface area contributed by atoms with Crippen LogP contribution >= 0.6 is 0 Å². The number of carboxylic acids is 1. The number of carbonyl (C=O) groups is 1. The third-order valence-corrected chi connectivity index (χ3v) is 2.23. The van der Waals surface area contributed by atoms with Gasteiger partial charge in [0.25, 0.3) is 0 Å². The summed E-state index contributed by atoms with van der Waals surface area (Å²) in [6.07, 6.45) is 1.63. The lowest BCUT2D eigenvalue weighted by atomic mass is 10.2. The molecule has 1 aromatic heterocycles. The number of aromatic hydroxyl groups is 1. The van der Waals surface area contributed by atoms with E-state index >= 15 is 0 Å². The highest BCUT2D eigenvalue weighted by Gasteiger charge is 2.12. The SMILES string of the molecule is Cn1cc(-c2ccc(O)cc2)nc1C(=O)O. The van der Waals surface area contributed by atoms with Crippen LogP contribution in [0.3, 0.4) is 0 Å². The van der Waals surface area contributed by atoms with Crippen LogP contribution in [0, 0.1) is 0 Å². The average molecular weight is 218 g/mol. The van der Waals surface area contributed by atoms with E-state index in [2.05, 4.69) is 4.98 Å². The molecule has 16 heavy (non-hydrogen) atoms. The molecule has 1 heterocycles. The highest BCUT2D eigenvalue weighted by molar-refractivity contribution is 5.84. The van der Waals surface area contributed by atoms with Crippen molar-refractivity contribution in [2.24, 2.45) is 7.05 Å². The first-order valence-electron chi connectivity index (χ1n) is 4.64. The number of aryl methyl sites for hydroxylation is 1. The molecule has 0 saturated carbocycles. The minimum Gasteiger partial charge on any atom is -0.508 e. The molecule has 82 valence electrons. The predicted octanol–water partition coefficient (Wildman–Crippen LogP) is 1.49. The highest BCUT2D eigenvalue weighted by Crippen LogP contribution is 2.20. The normalized spacial score (nSPS) is 10.3. The molecule has 0 aliphatic heterocycles. The van der Waals surface area contributed by atoms with Crippen LogP contribution in [-0.2, 0) is 7.05 Å². The zero-order valence-electron chi connectivity index (χ0n) is 8.58. The average Bonchev–Trinajstić information content (AvgIpc) is 2.61. The van der Waals surface area contributed by atoms with Crippen molar-refractivity contribution in [2.75, 3.05) is 0 Å². The first-order valence-corrected chi connectivity index (χ1v) is 4.64. The van der Waals surface area contributed by atoms with Gasteiger partial charge in [0.15, 0.2) is 0 Å². The van der Waals surface area contributed by atoms with E-state index in [9.17, 15) is 4.79 Å². The second-order valence-corrected chi connectivity index (χ2v) is 3.41. The maximum absolute atomic E-state index is 10.8. The molecule has 2 N–H and O–H groups in total.